The number of benzene rings is 8. The molecule has 4 aliphatic heterocycles. The monoisotopic (exact) mass is 774 g/mol. The number of fused-ring (bicyclic) bond motifs is 8. The number of hydrogen-bond donors (Lipinski definition) is 1. The van der Waals surface area contributed by atoms with Crippen molar-refractivity contribution in [2.24, 2.45) is 9.98 Å². The molecular formula is C54H42N6. The van der Waals surface area contributed by atoms with Crippen LogP contribution in [0.3, 0.4) is 0 Å². The molecule has 8 aromatic rings. The molecule has 0 saturated carbocycles. The van der Waals surface area contributed by atoms with Gasteiger partial charge in [-0.3, -0.25) is 4.90 Å². The summed E-state index contributed by atoms with van der Waals surface area (Å²) < 4.78 is 0. The maximum absolute atomic E-state index is 5.26. The van der Waals surface area contributed by atoms with E-state index in [0.717, 1.165) is 52.6 Å². The van der Waals surface area contributed by atoms with Gasteiger partial charge in [0.15, 0.2) is 6.17 Å². The quantitative estimate of drug-likeness (QED) is 0.164. The fourth-order valence-electron chi connectivity index (χ4n) is 9.81. The first-order chi connectivity index (χ1) is 29.7. The molecule has 1 saturated heterocycles. The number of rotatable bonds is 7. The molecule has 6 nitrogen and oxygen atoms in total. The van der Waals surface area contributed by atoms with E-state index in [-0.39, 0.29) is 6.17 Å². The largest absolute Gasteiger partial charge is 0.348 e. The minimum Gasteiger partial charge on any atom is -0.348 e. The summed E-state index contributed by atoms with van der Waals surface area (Å²) in [6.07, 6.45) is -0.424. The van der Waals surface area contributed by atoms with E-state index in [1.807, 2.05) is 12.1 Å². The average Bonchev–Trinajstić information content (AvgIpc) is 3.88. The van der Waals surface area contributed by atoms with E-state index < -0.39 is 6.17 Å². The molecule has 288 valence electrons. The van der Waals surface area contributed by atoms with Crippen LogP contribution in [0.15, 0.2) is 198 Å². The third-order valence-corrected chi connectivity index (χ3v) is 12.7. The van der Waals surface area contributed by atoms with Gasteiger partial charge in [-0.05, 0) is 68.1 Å². The van der Waals surface area contributed by atoms with Crippen molar-refractivity contribution in [3.8, 4) is 22.3 Å². The molecule has 12 rings (SSSR count). The van der Waals surface area contributed by atoms with Crippen LogP contribution in [0.1, 0.15) is 51.8 Å². The zero-order valence-corrected chi connectivity index (χ0v) is 33.3. The minimum atomic E-state index is -0.424. The molecule has 4 aliphatic rings. The molecular weight excluding hydrogens is 733 g/mol. The molecule has 1 N–H and O–H groups in total. The Morgan fingerprint density at radius 2 is 1.05 bits per heavy atom. The maximum Gasteiger partial charge on any atom is 0.169 e. The highest BCUT2D eigenvalue weighted by atomic mass is 15.4. The third-order valence-electron chi connectivity index (χ3n) is 12.7. The Morgan fingerprint density at radius 1 is 0.500 bits per heavy atom. The van der Waals surface area contributed by atoms with Crippen molar-refractivity contribution in [1.29, 1.82) is 0 Å². The highest BCUT2D eigenvalue weighted by Gasteiger charge is 2.49. The van der Waals surface area contributed by atoms with Crippen LogP contribution in [0.25, 0.3) is 33.0 Å². The zero-order valence-electron chi connectivity index (χ0n) is 33.3. The summed E-state index contributed by atoms with van der Waals surface area (Å²) in [4.78, 5) is 18.2. The summed E-state index contributed by atoms with van der Waals surface area (Å²) in [6.45, 7) is 2.14. The SMILES string of the molecule is CN1c2c(c3c(c4ccccc24)C2CN2C3)N(c2cccc(-c3cccc(C4N=C(c5ccccc5)NC(c5ccc(-c6ccccc6)cc5)=N4)c3)c2)C1c1ccccc1. The van der Waals surface area contributed by atoms with Gasteiger partial charge in [0, 0.05) is 48.4 Å². The summed E-state index contributed by atoms with van der Waals surface area (Å²) in [7, 11) is 2.27. The number of nitrogens with one attached hydrogen (secondary N) is 1. The lowest BCUT2D eigenvalue weighted by Crippen LogP contribution is -2.36. The molecule has 6 heteroatoms. The molecule has 60 heavy (non-hydrogen) atoms. The third kappa shape index (κ3) is 5.75. The van der Waals surface area contributed by atoms with Gasteiger partial charge < -0.3 is 15.1 Å². The molecule has 1 fully saturated rings. The van der Waals surface area contributed by atoms with Crippen LogP contribution in [0, 0.1) is 0 Å². The van der Waals surface area contributed by atoms with Crippen LogP contribution >= 0.6 is 0 Å². The van der Waals surface area contributed by atoms with Crippen molar-refractivity contribution < 1.29 is 0 Å². The van der Waals surface area contributed by atoms with Crippen molar-refractivity contribution >= 4 is 39.5 Å². The Hall–Kier alpha value is -7.28. The van der Waals surface area contributed by atoms with Crippen LogP contribution < -0.4 is 15.1 Å². The Kier molecular flexibility index (Phi) is 8.07. The molecule has 8 aromatic carbocycles. The van der Waals surface area contributed by atoms with Crippen molar-refractivity contribution in [3.05, 3.63) is 221 Å². The van der Waals surface area contributed by atoms with E-state index in [2.05, 4.69) is 203 Å². The van der Waals surface area contributed by atoms with Crippen molar-refractivity contribution in [1.82, 2.24) is 10.2 Å². The van der Waals surface area contributed by atoms with Crippen LogP contribution in [0.4, 0.5) is 17.1 Å². The van der Waals surface area contributed by atoms with E-state index in [1.165, 1.54) is 55.7 Å². The molecule has 0 amide bonds. The topological polar surface area (TPSA) is 46.2 Å². The van der Waals surface area contributed by atoms with Crippen LogP contribution in [-0.2, 0) is 6.54 Å². The van der Waals surface area contributed by atoms with Crippen molar-refractivity contribution in [2.45, 2.75) is 24.9 Å². The second kappa shape index (κ2) is 13.9. The zero-order chi connectivity index (χ0) is 39.7. The predicted molar refractivity (Wildman–Crippen MR) is 246 cm³/mol. The molecule has 4 atom stereocenters. The first-order valence-corrected chi connectivity index (χ1v) is 20.9. The number of aliphatic imine (C=N–C) groups is 2. The van der Waals surface area contributed by atoms with Gasteiger partial charge in [0.05, 0.1) is 11.4 Å². The van der Waals surface area contributed by atoms with Gasteiger partial charge >= 0.3 is 0 Å². The normalized spacial score (nSPS) is 19.9. The lowest BCUT2D eigenvalue weighted by Gasteiger charge is -2.32. The molecule has 0 bridgehead atoms. The molecule has 4 heterocycles. The minimum absolute atomic E-state index is 0.000354. The van der Waals surface area contributed by atoms with Crippen molar-refractivity contribution in [2.75, 3.05) is 23.4 Å². The smallest absolute Gasteiger partial charge is 0.169 e. The van der Waals surface area contributed by atoms with E-state index in [4.69, 9.17) is 9.98 Å². The molecule has 0 aromatic heterocycles. The number of hydrogen-bond acceptors (Lipinski definition) is 6. The molecule has 0 spiro atoms. The van der Waals surface area contributed by atoms with E-state index >= 15 is 0 Å². The van der Waals surface area contributed by atoms with Gasteiger partial charge in [0.25, 0.3) is 0 Å². The lowest BCUT2D eigenvalue weighted by molar-refractivity contribution is 0.548. The Morgan fingerprint density at radius 3 is 1.78 bits per heavy atom. The first-order valence-electron chi connectivity index (χ1n) is 20.9. The van der Waals surface area contributed by atoms with Crippen molar-refractivity contribution in [3.63, 3.8) is 0 Å². The second-order valence-electron chi connectivity index (χ2n) is 16.3. The van der Waals surface area contributed by atoms with E-state index in [1.54, 1.807) is 0 Å². The summed E-state index contributed by atoms with van der Waals surface area (Å²) in [6, 6.07) is 67.9. The highest BCUT2D eigenvalue weighted by molar-refractivity contribution is 6.16. The fraction of sp³-hybridized carbons (Fsp3) is 0.111. The molecule has 4 unspecified atom stereocenters. The van der Waals surface area contributed by atoms with Gasteiger partial charge in [0.2, 0.25) is 0 Å². The van der Waals surface area contributed by atoms with Gasteiger partial charge in [-0.15, -0.1) is 0 Å². The predicted octanol–water partition coefficient (Wildman–Crippen LogP) is 11.8. The number of nitrogens with zero attached hydrogens (tertiary/aromatic N) is 5. The lowest BCUT2D eigenvalue weighted by atomic mass is 9.94. The standard InChI is InChI=1S/C54H42N6/c1-58-49-45-26-12-11-25-44(45)48-46(33-59-34-47(48)59)50(49)60(54(58)39-19-9-4-10-20-39)43-24-14-22-41(32-43)40-21-13-23-42(31-40)53-56-51(37-17-7-3-8-18-37)55-52(57-53)38-29-27-36(28-30-38)35-15-5-2-6-16-35/h2-32,47,53-54H,33-34H2,1H3,(H,55,56,57). The van der Waals surface area contributed by atoms with E-state index in [0.29, 0.717) is 6.04 Å². The van der Waals surface area contributed by atoms with Crippen LogP contribution in [-0.4, -0.2) is 30.2 Å². The highest BCUT2D eigenvalue weighted by Crippen LogP contribution is 2.61. The molecule has 0 radical (unpaired) electrons. The fourth-order valence-corrected chi connectivity index (χ4v) is 9.81. The molecule has 0 aliphatic carbocycles. The summed E-state index contributed by atoms with van der Waals surface area (Å²) in [5.74, 6) is 1.61. The van der Waals surface area contributed by atoms with Gasteiger partial charge in [-0.2, -0.15) is 0 Å². The van der Waals surface area contributed by atoms with Crippen LogP contribution in [0.2, 0.25) is 0 Å². The van der Waals surface area contributed by atoms with E-state index in [9.17, 15) is 0 Å². The summed E-state index contributed by atoms with van der Waals surface area (Å²) in [5.41, 5.74) is 15.8. The number of amidine groups is 2. The second-order valence-corrected chi connectivity index (χ2v) is 16.3. The summed E-state index contributed by atoms with van der Waals surface area (Å²) in [5, 5.41) is 6.31. The van der Waals surface area contributed by atoms with Gasteiger partial charge in [-0.25, -0.2) is 9.98 Å². The van der Waals surface area contributed by atoms with Gasteiger partial charge in [0.1, 0.15) is 17.8 Å². The Balaban J connectivity index is 0.949. The summed E-state index contributed by atoms with van der Waals surface area (Å²) >= 11 is 0. The first kappa shape index (κ1) is 34.7. The van der Waals surface area contributed by atoms with Gasteiger partial charge in [-0.1, -0.05) is 170 Å². The maximum atomic E-state index is 5.26. The Bertz CT molecular complexity index is 3000. The average molecular weight is 775 g/mol. The Labute approximate surface area is 350 Å². The number of anilines is 3. The van der Waals surface area contributed by atoms with Crippen LogP contribution in [0.5, 0.6) is 0 Å².